The van der Waals surface area contributed by atoms with Gasteiger partial charge in [-0.1, -0.05) is 6.07 Å². The fourth-order valence-corrected chi connectivity index (χ4v) is 6.25. The fraction of sp³-hybridized carbons (Fsp3) is 0.0909. The molecule has 0 spiro atoms. The normalized spacial score (nSPS) is 11.5. The number of halogens is 2. The molecule has 21 heavy (non-hydrogen) atoms. The Morgan fingerprint density at radius 2 is 2.10 bits per heavy atom. The number of nitrogens with one attached hydrogen (secondary N) is 1. The smallest absolute Gasteiger partial charge is 0.354 e. The number of rotatable bonds is 5. The molecule has 0 aliphatic rings. The van der Waals surface area contributed by atoms with Gasteiger partial charge in [-0.05, 0) is 49.6 Å². The Morgan fingerprint density at radius 1 is 1.38 bits per heavy atom. The Bertz CT molecular complexity index is 772. The summed E-state index contributed by atoms with van der Waals surface area (Å²) < 4.78 is 27.9. The number of carboxylic acids is 1. The van der Waals surface area contributed by atoms with Crippen molar-refractivity contribution in [1.82, 2.24) is 9.71 Å². The number of hydrogen-bond acceptors (Lipinski definition) is 5. The first kappa shape index (κ1) is 16.6. The molecular formula is C11H8Br2N2O4S2. The summed E-state index contributed by atoms with van der Waals surface area (Å²) in [5, 5.41) is 8.73. The van der Waals surface area contributed by atoms with Crippen molar-refractivity contribution in [3.05, 3.63) is 43.2 Å². The van der Waals surface area contributed by atoms with Crippen LogP contribution < -0.4 is 4.72 Å². The SMILES string of the molecule is O=C(O)c1ccc(CNS(=O)(=O)c2cc(Br)sc2Br)cn1. The van der Waals surface area contributed by atoms with Gasteiger partial charge < -0.3 is 5.11 Å². The van der Waals surface area contributed by atoms with Gasteiger partial charge in [-0.25, -0.2) is 22.9 Å². The van der Waals surface area contributed by atoms with Gasteiger partial charge in [0.05, 0.1) is 7.57 Å². The Labute approximate surface area is 141 Å². The summed E-state index contributed by atoms with van der Waals surface area (Å²) in [5.41, 5.74) is 0.472. The van der Waals surface area contributed by atoms with E-state index in [0.717, 1.165) is 0 Å². The van der Waals surface area contributed by atoms with Gasteiger partial charge in [-0.15, -0.1) is 11.3 Å². The van der Waals surface area contributed by atoms with Crippen molar-refractivity contribution in [2.75, 3.05) is 0 Å². The summed E-state index contributed by atoms with van der Waals surface area (Å²) in [4.78, 5) is 14.5. The van der Waals surface area contributed by atoms with Crippen molar-refractivity contribution in [2.24, 2.45) is 0 Å². The monoisotopic (exact) mass is 454 g/mol. The van der Waals surface area contributed by atoms with E-state index in [1.807, 2.05) is 0 Å². The van der Waals surface area contributed by atoms with Crippen LogP contribution >= 0.6 is 43.2 Å². The highest BCUT2D eigenvalue weighted by Crippen LogP contribution is 2.34. The van der Waals surface area contributed by atoms with E-state index in [2.05, 4.69) is 41.6 Å². The van der Waals surface area contributed by atoms with E-state index in [4.69, 9.17) is 5.11 Å². The quantitative estimate of drug-likeness (QED) is 0.722. The van der Waals surface area contributed by atoms with Gasteiger partial charge in [0, 0.05) is 12.7 Å². The third-order valence-electron chi connectivity index (χ3n) is 2.43. The fourth-order valence-electron chi connectivity index (χ4n) is 1.42. The van der Waals surface area contributed by atoms with Gasteiger partial charge in [0.15, 0.2) is 0 Å². The van der Waals surface area contributed by atoms with Gasteiger partial charge >= 0.3 is 5.97 Å². The molecule has 112 valence electrons. The number of thiophene rings is 1. The van der Waals surface area contributed by atoms with Crippen LogP contribution in [0.25, 0.3) is 0 Å². The summed E-state index contributed by atoms with van der Waals surface area (Å²) in [6.45, 7) is 0.0230. The van der Waals surface area contributed by atoms with Crippen molar-refractivity contribution in [1.29, 1.82) is 0 Å². The summed E-state index contributed by atoms with van der Waals surface area (Å²) in [6.07, 6.45) is 1.32. The molecule has 0 saturated heterocycles. The topological polar surface area (TPSA) is 96.4 Å². The number of sulfonamides is 1. The zero-order chi connectivity index (χ0) is 15.6. The lowest BCUT2D eigenvalue weighted by Gasteiger charge is -2.06. The number of aromatic carboxylic acids is 1. The van der Waals surface area contributed by atoms with E-state index in [-0.39, 0.29) is 17.1 Å². The maximum absolute atomic E-state index is 12.1. The molecular weight excluding hydrogens is 448 g/mol. The average Bonchev–Trinajstić information content (AvgIpc) is 2.77. The first-order valence-electron chi connectivity index (χ1n) is 5.42. The Balaban J connectivity index is 2.11. The predicted octanol–water partition coefficient (Wildman–Crippen LogP) is 2.84. The molecule has 2 aromatic heterocycles. The van der Waals surface area contributed by atoms with Crippen LogP contribution in [0.1, 0.15) is 16.1 Å². The zero-order valence-corrected chi connectivity index (χ0v) is 15.0. The van der Waals surface area contributed by atoms with Crippen LogP contribution in [-0.4, -0.2) is 24.5 Å². The van der Waals surface area contributed by atoms with Crippen LogP contribution in [0.2, 0.25) is 0 Å². The molecule has 0 atom stereocenters. The van der Waals surface area contributed by atoms with Gasteiger partial charge in [-0.2, -0.15) is 0 Å². The van der Waals surface area contributed by atoms with Crippen LogP contribution in [0.4, 0.5) is 0 Å². The largest absolute Gasteiger partial charge is 0.477 e. The van der Waals surface area contributed by atoms with Gasteiger partial charge in [0.1, 0.15) is 10.6 Å². The number of carboxylic acid groups (broad SMARTS) is 1. The maximum Gasteiger partial charge on any atom is 0.354 e. The molecule has 6 nitrogen and oxygen atoms in total. The molecule has 2 heterocycles. The second kappa shape index (κ2) is 6.53. The standard InChI is InChI=1S/C11H8Br2N2O4S2/c12-9-3-8(10(13)20-9)21(18,19)15-5-6-1-2-7(11(16)17)14-4-6/h1-4,15H,5H2,(H,16,17). The van der Waals surface area contributed by atoms with Gasteiger partial charge in [-0.3, -0.25) is 0 Å². The molecule has 2 rings (SSSR count). The molecule has 0 fully saturated rings. The minimum absolute atomic E-state index is 0.0230. The van der Waals surface area contributed by atoms with Crippen molar-refractivity contribution < 1.29 is 18.3 Å². The van der Waals surface area contributed by atoms with Gasteiger partial charge in [0.2, 0.25) is 10.0 Å². The van der Waals surface area contributed by atoms with E-state index < -0.39 is 16.0 Å². The van der Waals surface area contributed by atoms with Crippen LogP contribution in [0.15, 0.2) is 36.9 Å². The number of nitrogens with zero attached hydrogens (tertiary/aromatic N) is 1. The molecule has 0 saturated carbocycles. The molecule has 0 aliphatic carbocycles. The minimum Gasteiger partial charge on any atom is -0.477 e. The average molecular weight is 456 g/mol. The van der Waals surface area contributed by atoms with Gasteiger partial charge in [0.25, 0.3) is 0 Å². The predicted molar refractivity (Wildman–Crippen MR) is 84.9 cm³/mol. The summed E-state index contributed by atoms with van der Waals surface area (Å²) >= 11 is 7.68. The zero-order valence-electron chi connectivity index (χ0n) is 10.2. The van der Waals surface area contributed by atoms with E-state index in [1.54, 1.807) is 0 Å². The third kappa shape index (κ3) is 4.10. The highest BCUT2D eigenvalue weighted by Gasteiger charge is 2.20. The van der Waals surface area contributed by atoms with E-state index >= 15 is 0 Å². The summed E-state index contributed by atoms with van der Waals surface area (Å²) in [6, 6.07) is 4.34. The molecule has 2 N–H and O–H groups in total. The van der Waals surface area contributed by atoms with Crippen molar-refractivity contribution in [3.8, 4) is 0 Å². The Hall–Kier alpha value is -0.810. The molecule has 0 aromatic carbocycles. The lowest BCUT2D eigenvalue weighted by atomic mass is 10.2. The van der Waals surface area contributed by atoms with E-state index in [9.17, 15) is 13.2 Å². The summed E-state index contributed by atoms with van der Waals surface area (Å²) in [5.74, 6) is -1.13. The highest BCUT2D eigenvalue weighted by atomic mass is 79.9. The second-order valence-electron chi connectivity index (χ2n) is 3.87. The highest BCUT2D eigenvalue weighted by molar-refractivity contribution is 9.12. The van der Waals surface area contributed by atoms with E-state index in [1.165, 1.54) is 35.7 Å². The van der Waals surface area contributed by atoms with Crippen molar-refractivity contribution in [2.45, 2.75) is 11.4 Å². The number of aromatic nitrogens is 1. The molecule has 0 unspecified atom stereocenters. The van der Waals surface area contributed by atoms with Crippen molar-refractivity contribution >= 4 is 59.2 Å². The molecule has 0 radical (unpaired) electrons. The second-order valence-corrected chi connectivity index (χ2v) is 9.35. The van der Waals surface area contributed by atoms with Crippen molar-refractivity contribution in [3.63, 3.8) is 0 Å². The van der Waals surface area contributed by atoms with Crippen LogP contribution in [0, 0.1) is 0 Å². The number of carbonyl (C=O) groups is 1. The minimum atomic E-state index is -3.66. The number of hydrogen-bond donors (Lipinski definition) is 2. The molecule has 0 amide bonds. The Kier molecular flexibility index (Phi) is 5.15. The third-order valence-corrected chi connectivity index (χ3v) is 6.58. The molecule has 0 aliphatic heterocycles. The lowest BCUT2D eigenvalue weighted by Crippen LogP contribution is -2.23. The first-order valence-corrected chi connectivity index (χ1v) is 9.31. The van der Waals surface area contributed by atoms with Crippen LogP contribution in [0.3, 0.4) is 0 Å². The molecule has 10 heteroatoms. The maximum atomic E-state index is 12.1. The van der Waals surface area contributed by atoms with Crippen LogP contribution in [-0.2, 0) is 16.6 Å². The first-order chi connectivity index (χ1) is 9.79. The van der Waals surface area contributed by atoms with E-state index in [0.29, 0.717) is 13.1 Å². The lowest BCUT2D eigenvalue weighted by molar-refractivity contribution is 0.0690. The Morgan fingerprint density at radius 3 is 2.57 bits per heavy atom. The van der Waals surface area contributed by atoms with Crippen LogP contribution in [0.5, 0.6) is 0 Å². The number of pyridine rings is 1. The summed E-state index contributed by atoms with van der Waals surface area (Å²) in [7, 11) is -3.66. The molecule has 0 bridgehead atoms. The molecule has 2 aromatic rings.